The van der Waals surface area contributed by atoms with Gasteiger partial charge in [-0.15, -0.1) is 11.3 Å². The highest BCUT2D eigenvalue weighted by atomic mass is 32.2. The smallest absolute Gasteiger partial charge is 0.207 e. The van der Waals surface area contributed by atoms with Crippen molar-refractivity contribution in [2.24, 2.45) is 0 Å². The number of benzene rings is 1. The third-order valence-electron chi connectivity index (χ3n) is 2.89. The van der Waals surface area contributed by atoms with E-state index in [0.29, 0.717) is 22.3 Å². The monoisotopic (exact) mass is 319 g/mol. The molecule has 3 aromatic rings. The lowest BCUT2D eigenvalue weighted by Gasteiger charge is -2.06. The van der Waals surface area contributed by atoms with Crippen molar-refractivity contribution in [3.63, 3.8) is 0 Å². The van der Waals surface area contributed by atoms with Crippen molar-refractivity contribution in [3.05, 3.63) is 53.9 Å². The molecule has 0 aliphatic heterocycles. The molecule has 0 saturated carbocycles. The van der Waals surface area contributed by atoms with E-state index in [1.807, 2.05) is 29.6 Å². The van der Waals surface area contributed by atoms with Gasteiger partial charge in [0.15, 0.2) is 5.76 Å². The van der Waals surface area contributed by atoms with Gasteiger partial charge in [-0.3, -0.25) is 4.21 Å². The SMILES string of the molecule is COc1ccccc1[S@@](=O)Cc1ncc(-c2cccs2)o1. The number of para-hydroxylation sites is 1. The van der Waals surface area contributed by atoms with Crippen LogP contribution in [0.15, 0.2) is 57.3 Å². The molecule has 3 rings (SSSR count). The number of hydrogen-bond acceptors (Lipinski definition) is 5. The van der Waals surface area contributed by atoms with E-state index in [1.165, 1.54) is 0 Å². The van der Waals surface area contributed by atoms with Gasteiger partial charge in [0.2, 0.25) is 5.89 Å². The molecule has 0 aliphatic rings. The highest BCUT2D eigenvalue weighted by Gasteiger charge is 2.14. The lowest BCUT2D eigenvalue weighted by Crippen LogP contribution is -1.99. The Bertz CT molecular complexity index is 750. The van der Waals surface area contributed by atoms with Gasteiger partial charge in [0.25, 0.3) is 0 Å². The van der Waals surface area contributed by atoms with Crippen LogP contribution in [-0.4, -0.2) is 16.3 Å². The number of nitrogens with zero attached hydrogens (tertiary/aromatic N) is 1. The summed E-state index contributed by atoms with van der Waals surface area (Å²) in [4.78, 5) is 5.86. The standard InChI is InChI=1S/C15H13NO3S2/c1-18-11-5-2-3-7-14(11)21(17)10-15-16-9-12(19-15)13-6-4-8-20-13/h2-9H,10H2,1H3/t21-/m0/s1. The highest BCUT2D eigenvalue weighted by Crippen LogP contribution is 2.27. The molecular formula is C15H13NO3S2. The molecule has 0 saturated heterocycles. The number of ether oxygens (including phenoxy) is 1. The van der Waals surface area contributed by atoms with E-state index < -0.39 is 10.8 Å². The van der Waals surface area contributed by atoms with Crippen LogP contribution in [0.5, 0.6) is 5.75 Å². The maximum absolute atomic E-state index is 12.4. The van der Waals surface area contributed by atoms with Gasteiger partial charge >= 0.3 is 0 Å². The zero-order valence-electron chi connectivity index (χ0n) is 11.3. The van der Waals surface area contributed by atoms with Crippen molar-refractivity contribution in [1.29, 1.82) is 0 Å². The number of rotatable bonds is 5. The van der Waals surface area contributed by atoms with Gasteiger partial charge in [0, 0.05) is 0 Å². The topological polar surface area (TPSA) is 52.3 Å². The number of oxazole rings is 1. The number of aromatic nitrogens is 1. The van der Waals surface area contributed by atoms with E-state index in [1.54, 1.807) is 36.8 Å². The number of hydrogen-bond donors (Lipinski definition) is 0. The molecule has 108 valence electrons. The molecule has 0 radical (unpaired) electrons. The van der Waals surface area contributed by atoms with Crippen LogP contribution in [0.2, 0.25) is 0 Å². The molecular weight excluding hydrogens is 306 g/mol. The van der Waals surface area contributed by atoms with Crippen molar-refractivity contribution in [2.75, 3.05) is 7.11 Å². The summed E-state index contributed by atoms with van der Waals surface area (Å²) in [5.41, 5.74) is 0. The predicted octanol–water partition coefficient (Wildman–Crippen LogP) is 3.72. The van der Waals surface area contributed by atoms with Crippen LogP contribution >= 0.6 is 11.3 Å². The molecule has 0 N–H and O–H groups in total. The van der Waals surface area contributed by atoms with Crippen LogP contribution in [0.1, 0.15) is 5.89 Å². The fourth-order valence-corrected chi connectivity index (χ4v) is 3.70. The van der Waals surface area contributed by atoms with E-state index in [0.717, 1.165) is 4.88 Å². The Kier molecular flexibility index (Phi) is 4.17. The summed E-state index contributed by atoms with van der Waals surface area (Å²) in [5.74, 6) is 2.01. The Labute approximate surface area is 128 Å². The first kappa shape index (κ1) is 14.0. The minimum Gasteiger partial charge on any atom is -0.495 e. The molecule has 0 unspecified atom stereocenters. The Balaban J connectivity index is 1.79. The average molecular weight is 319 g/mol. The summed E-state index contributed by atoms with van der Waals surface area (Å²) in [6.07, 6.45) is 1.67. The number of thiophene rings is 1. The van der Waals surface area contributed by atoms with Gasteiger partial charge in [0.05, 0.1) is 33.9 Å². The third-order valence-corrected chi connectivity index (χ3v) is 5.11. The predicted molar refractivity (Wildman–Crippen MR) is 82.9 cm³/mol. The van der Waals surface area contributed by atoms with Crippen LogP contribution in [0.3, 0.4) is 0 Å². The molecule has 0 aliphatic carbocycles. The van der Waals surface area contributed by atoms with Gasteiger partial charge in [-0.1, -0.05) is 18.2 Å². The molecule has 0 spiro atoms. The first-order chi connectivity index (χ1) is 10.3. The molecule has 6 heteroatoms. The summed E-state index contributed by atoms with van der Waals surface area (Å²) in [6.45, 7) is 0. The van der Waals surface area contributed by atoms with Gasteiger partial charge in [0.1, 0.15) is 11.5 Å². The Hall–Kier alpha value is -1.92. The molecule has 1 aromatic carbocycles. The van der Waals surface area contributed by atoms with Crippen LogP contribution in [-0.2, 0) is 16.6 Å². The fraction of sp³-hybridized carbons (Fsp3) is 0.133. The Morgan fingerprint density at radius 1 is 1.29 bits per heavy atom. The molecule has 21 heavy (non-hydrogen) atoms. The average Bonchev–Trinajstić information content (AvgIpc) is 3.17. The zero-order chi connectivity index (χ0) is 14.7. The second kappa shape index (κ2) is 6.24. The summed E-state index contributed by atoms with van der Waals surface area (Å²) in [7, 11) is 0.308. The lowest BCUT2D eigenvalue weighted by molar-refractivity contribution is 0.404. The van der Waals surface area contributed by atoms with Gasteiger partial charge < -0.3 is 9.15 Å². The maximum atomic E-state index is 12.4. The summed E-state index contributed by atoms with van der Waals surface area (Å²) < 4.78 is 23.3. The highest BCUT2D eigenvalue weighted by molar-refractivity contribution is 7.84. The summed E-state index contributed by atoms with van der Waals surface area (Å²) in [5, 5.41) is 1.98. The van der Waals surface area contributed by atoms with Crippen molar-refractivity contribution in [1.82, 2.24) is 4.98 Å². The summed E-state index contributed by atoms with van der Waals surface area (Å²) >= 11 is 1.58. The molecule has 0 amide bonds. The fourth-order valence-electron chi connectivity index (χ4n) is 1.91. The number of methoxy groups -OCH3 is 1. The van der Waals surface area contributed by atoms with Crippen LogP contribution in [0, 0.1) is 0 Å². The zero-order valence-corrected chi connectivity index (χ0v) is 12.9. The lowest BCUT2D eigenvalue weighted by atomic mass is 10.3. The normalized spacial score (nSPS) is 12.2. The Morgan fingerprint density at radius 2 is 2.14 bits per heavy atom. The van der Waals surface area contributed by atoms with Crippen molar-refractivity contribution >= 4 is 22.1 Å². The maximum Gasteiger partial charge on any atom is 0.207 e. The first-order valence-corrected chi connectivity index (χ1v) is 8.48. The van der Waals surface area contributed by atoms with Crippen molar-refractivity contribution < 1.29 is 13.4 Å². The van der Waals surface area contributed by atoms with Crippen molar-refractivity contribution in [3.8, 4) is 16.4 Å². The molecule has 4 nitrogen and oxygen atoms in total. The van der Waals surface area contributed by atoms with Crippen LogP contribution in [0.4, 0.5) is 0 Å². The van der Waals surface area contributed by atoms with Crippen LogP contribution < -0.4 is 4.74 Å². The minimum atomic E-state index is -1.26. The second-order valence-corrected chi connectivity index (χ2v) is 6.60. The molecule has 2 aromatic heterocycles. The third kappa shape index (κ3) is 3.06. The second-order valence-electron chi connectivity index (χ2n) is 4.24. The largest absolute Gasteiger partial charge is 0.495 e. The molecule has 0 bridgehead atoms. The van der Waals surface area contributed by atoms with E-state index >= 15 is 0 Å². The van der Waals surface area contributed by atoms with Gasteiger partial charge in [-0.2, -0.15) is 0 Å². The molecule has 1 atom stereocenters. The van der Waals surface area contributed by atoms with E-state index in [9.17, 15) is 4.21 Å². The molecule has 0 fully saturated rings. The Morgan fingerprint density at radius 3 is 2.90 bits per heavy atom. The van der Waals surface area contributed by atoms with E-state index in [2.05, 4.69) is 4.98 Å². The molecule has 2 heterocycles. The van der Waals surface area contributed by atoms with Gasteiger partial charge in [-0.25, -0.2) is 4.98 Å². The van der Waals surface area contributed by atoms with Gasteiger partial charge in [-0.05, 0) is 23.6 Å². The quantitative estimate of drug-likeness (QED) is 0.719. The van der Waals surface area contributed by atoms with E-state index in [-0.39, 0.29) is 5.75 Å². The first-order valence-electron chi connectivity index (χ1n) is 6.28. The summed E-state index contributed by atoms with van der Waals surface area (Å²) in [6, 6.07) is 11.2. The van der Waals surface area contributed by atoms with Crippen LogP contribution in [0.25, 0.3) is 10.6 Å². The van der Waals surface area contributed by atoms with E-state index in [4.69, 9.17) is 9.15 Å². The van der Waals surface area contributed by atoms with Crippen molar-refractivity contribution in [2.45, 2.75) is 10.6 Å². The minimum absolute atomic E-state index is 0.228.